The van der Waals surface area contributed by atoms with Crippen molar-refractivity contribution in [1.82, 2.24) is 4.90 Å². The number of hydrogen-bond donors (Lipinski definition) is 1. The molecule has 18 heavy (non-hydrogen) atoms. The molecular weight excluding hydrogens is 220 g/mol. The number of likely N-dealkylation sites (tertiary alicyclic amines) is 1. The summed E-state index contributed by atoms with van der Waals surface area (Å²) in [6.07, 6.45) is 7.07. The molecule has 96 valence electrons. The third-order valence-electron chi connectivity index (χ3n) is 4.46. The molecule has 2 aliphatic rings. The van der Waals surface area contributed by atoms with Gasteiger partial charge in [0.15, 0.2) is 0 Å². The lowest BCUT2D eigenvalue weighted by atomic mass is 9.98. The van der Waals surface area contributed by atoms with Crippen LogP contribution >= 0.6 is 0 Å². The Morgan fingerprint density at radius 2 is 2.00 bits per heavy atom. The summed E-state index contributed by atoms with van der Waals surface area (Å²) in [7, 11) is 0. The van der Waals surface area contributed by atoms with Gasteiger partial charge in [-0.25, -0.2) is 0 Å². The van der Waals surface area contributed by atoms with Gasteiger partial charge in [-0.05, 0) is 30.2 Å². The van der Waals surface area contributed by atoms with Crippen molar-refractivity contribution in [1.29, 1.82) is 0 Å². The second kappa shape index (κ2) is 5.25. The number of fused-ring (bicyclic) bond motifs is 1. The van der Waals surface area contributed by atoms with Crippen LogP contribution in [0.2, 0.25) is 0 Å². The van der Waals surface area contributed by atoms with Crippen LogP contribution in [0.4, 0.5) is 0 Å². The van der Waals surface area contributed by atoms with Crippen LogP contribution in [0.5, 0.6) is 0 Å². The predicted molar refractivity (Wildman–Crippen MR) is 76.1 cm³/mol. The molecule has 3 rings (SSSR count). The summed E-state index contributed by atoms with van der Waals surface area (Å²) >= 11 is 0. The van der Waals surface area contributed by atoms with Crippen LogP contribution in [-0.2, 0) is 0 Å². The van der Waals surface area contributed by atoms with Gasteiger partial charge in [0.1, 0.15) is 0 Å². The van der Waals surface area contributed by atoms with E-state index in [1.54, 1.807) is 0 Å². The minimum atomic E-state index is 0.457. The molecule has 2 nitrogen and oxygen atoms in total. The zero-order valence-corrected chi connectivity index (χ0v) is 10.8. The molecule has 0 radical (unpaired) electrons. The molecule has 1 aliphatic carbocycles. The maximum absolute atomic E-state index is 6.16. The zero-order valence-electron chi connectivity index (χ0n) is 10.8. The predicted octanol–water partition coefficient (Wildman–Crippen LogP) is 2.37. The second-order valence-electron chi connectivity index (χ2n) is 5.70. The fourth-order valence-corrected chi connectivity index (χ4v) is 3.45. The zero-order chi connectivity index (χ0) is 12.4. The van der Waals surface area contributed by atoms with Crippen LogP contribution in [0.1, 0.15) is 18.4 Å². The van der Waals surface area contributed by atoms with Crippen molar-refractivity contribution < 1.29 is 0 Å². The van der Waals surface area contributed by atoms with Crippen molar-refractivity contribution in [3.63, 3.8) is 0 Å². The average Bonchev–Trinajstić information content (AvgIpc) is 2.94. The number of nitrogens with zero attached hydrogens (tertiary/aromatic N) is 1. The van der Waals surface area contributed by atoms with E-state index >= 15 is 0 Å². The van der Waals surface area contributed by atoms with Crippen molar-refractivity contribution >= 4 is 6.08 Å². The summed E-state index contributed by atoms with van der Waals surface area (Å²) in [5.41, 5.74) is 7.44. The first-order valence-corrected chi connectivity index (χ1v) is 7.02. The van der Waals surface area contributed by atoms with Crippen LogP contribution in [0, 0.1) is 11.8 Å². The van der Waals surface area contributed by atoms with E-state index in [2.05, 4.69) is 47.4 Å². The van der Waals surface area contributed by atoms with Crippen LogP contribution in [-0.4, -0.2) is 30.6 Å². The van der Waals surface area contributed by atoms with Crippen molar-refractivity contribution in [2.24, 2.45) is 17.6 Å². The van der Waals surface area contributed by atoms with Gasteiger partial charge in [-0.15, -0.1) is 0 Å². The highest BCUT2D eigenvalue weighted by Gasteiger charge is 2.40. The average molecular weight is 242 g/mol. The third kappa shape index (κ3) is 2.50. The van der Waals surface area contributed by atoms with Gasteiger partial charge < -0.3 is 5.73 Å². The Bertz CT molecular complexity index is 412. The lowest BCUT2D eigenvalue weighted by molar-refractivity contribution is 0.337. The molecule has 3 atom stereocenters. The van der Waals surface area contributed by atoms with Crippen molar-refractivity contribution in [2.45, 2.75) is 18.9 Å². The fraction of sp³-hybridized carbons (Fsp3) is 0.500. The maximum atomic E-state index is 6.16. The lowest BCUT2D eigenvalue weighted by Crippen LogP contribution is -2.30. The van der Waals surface area contributed by atoms with E-state index in [4.69, 9.17) is 5.73 Å². The van der Waals surface area contributed by atoms with Crippen molar-refractivity contribution in [3.05, 3.63) is 42.0 Å². The SMILES string of the molecule is NC1CCC2CN(C/C=C/c3ccccc3)CC12. The fourth-order valence-electron chi connectivity index (χ4n) is 3.45. The summed E-state index contributed by atoms with van der Waals surface area (Å²) in [4.78, 5) is 2.55. The highest BCUT2D eigenvalue weighted by Crippen LogP contribution is 2.36. The Hall–Kier alpha value is -1.12. The van der Waals surface area contributed by atoms with Gasteiger partial charge in [0.2, 0.25) is 0 Å². The number of benzene rings is 1. The highest BCUT2D eigenvalue weighted by atomic mass is 15.2. The Morgan fingerprint density at radius 1 is 1.17 bits per heavy atom. The molecule has 1 heterocycles. The molecule has 2 heteroatoms. The van der Waals surface area contributed by atoms with Crippen LogP contribution < -0.4 is 5.73 Å². The topological polar surface area (TPSA) is 29.3 Å². The molecule has 1 saturated heterocycles. The smallest absolute Gasteiger partial charge is 0.0166 e. The molecule has 0 amide bonds. The summed E-state index contributed by atoms with van der Waals surface area (Å²) in [5, 5.41) is 0. The molecule has 1 saturated carbocycles. The molecule has 3 unspecified atom stereocenters. The normalized spacial score (nSPS) is 32.2. The van der Waals surface area contributed by atoms with E-state index in [1.807, 2.05) is 0 Å². The van der Waals surface area contributed by atoms with Crippen LogP contribution in [0.15, 0.2) is 36.4 Å². The first-order valence-electron chi connectivity index (χ1n) is 7.02. The number of hydrogen-bond acceptors (Lipinski definition) is 2. The van der Waals surface area contributed by atoms with E-state index in [0.717, 1.165) is 18.4 Å². The van der Waals surface area contributed by atoms with Crippen molar-refractivity contribution in [2.75, 3.05) is 19.6 Å². The molecule has 0 spiro atoms. The second-order valence-corrected chi connectivity index (χ2v) is 5.70. The molecule has 0 aromatic heterocycles. The van der Waals surface area contributed by atoms with Crippen LogP contribution in [0.3, 0.4) is 0 Å². The van der Waals surface area contributed by atoms with Gasteiger partial charge in [0.25, 0.3) is 0 Å². The molecule has 0 bridgehead atoms. The minimum absolute atomic E-state index is 0.457. The van der Waals surface area contributed by atoms with Gasteiger partial charge in [0, 0.05) is 25.7 Å². The summed E-state index contributed by atoms with van der Waals surface area (Å²) < 4.78 is 0. The minimum Gasteiger partial charge on any atom is -0.327 e. The molecule has 2 N–H and O–H groups in total. The number of nitrogens with two attached hydrogens (primary N) is 1. The summed E-state index contributed by atoms with van der Waals surface area (Å²) in [6, 6.07) is 11.0. The largest absolute Gasteiger partial charge is 0.327 e. The van der Waals surface area contributed by atoms with Gasteiger partial charge in [-0.2, -0.15) is 0 Å². The molecule has 1 aromatic carbocycles. The van der Waals surface area contributed by atoms with Gasteiger partial charge in [-0.3, -0.25) is 4.90 Å². The summed E-state index contributed by atoms with van der Waals surface area (Å²) in [5.74, 6) is 1.63. The monoisotopic (exact) mass is 242 g/mol. The number of rotatable bonds is 3. The molecule has 1 aliphatic heterocycles. The maximum Gasteiger partial charge on any atom is 0.0166 e. The molecule has 1 aromatic rings. The van der Waals surface area contributed by atoms with Crippen molar-refractivity contribution in [3.8, 4) is 0 Å². The first kappa shape index (κ1) is 11.9. The quantitative estimate of drug-likeness (QED) is 0.881. The third-order valence-corrected chi connectivity index (χ3v) is 4.46. The Labute approximate surface area is 109 Å². The van der Waals surface area contributed by atoms with Gasteiger partial charge >= 0.3 is 0 Å². The van der Waals surface area contributed by atoms with E-state index in [9.17, 15) is 0 Å². The van der Waals surface area contributed by atoms with Crippen LogP contribution in [0.25, 0.3) is 6.08 Å². The molecule has 2 fully saturated rings. The van der Waals surface area contributed by atoms with E-state index in [1.165, 1.54) is 31.5 Å². The van der Waals surface area contributed by atoms with E-state index < -0.39 is 0 Å². The standard InChI is InChI=1S/C16H22N2/c17-16-9-8-14-11-18(12-15(14)16)10-4-7-13-5-2-1-3-6-13/h1-7,14-16H,8-12,17H2/b7-4+. The van der Waals surface area contributed by atoms with E-state index in [-0.39, 0.29) is 0 Å². The van der Waals surface area contributed by atoms with Gasteiger partial charge in [-0.1, -0.05) is 42.5 Å². The Morgan fingerprint density at radius 3 is 2.78 bits per heavy atom. The van der Waals surface area contributed by atoms with E-state index in [0.29, 0.717) is 6.04 Å². The summed E-state index contributed by atoms with van der Waals surface area (Å²) in [6.45, 7) is 3.51. The highest BCUT2D eigenvalue weighted by molar-refractivity contribution is 5.48. The lowest BCUT2D eigenvalue weighted by Gasteiger charge is -2.16. The Kier molecular flexibility index (Phi) is 3.48. The molecular formula is C16H22N2. The van der Waals surface area contributed by atoms with Gasteiger partial charge in [0.05, 0.1) is 0 Å². The Balaban J connectivity index is 1.52. The first-order chi connectivity index (χ1) is 8.83.